The summed E-state index contributed by atoms with van der Waals surface area (Å²) in [4.78, 5) is 12.1. The number of hydrogen-bond acceptors (Lipinski definition) is 3. The highest BCUT2D eigenvalue weighted by Gasteiger charge is 2.51. The second-order valence-corrected chi connectivity index (χ2v) is 4.70. The molecule has 2 atom stereocenters. The Morgan fingerprint density at radius 3 is 3.06 bits per heavy atom. The number of fused-ring (bicyclic) bond motifs is 4. The topological polar surface area (TPSA) is 35.5 Å². The third-order valence-electron chi connectivity index (χ3n) is 3.79. The van der Waals surface area contributed by atoms with Crippen LogP contribution in [0.25, 0.3) is 0 Å². The highest BCUT2D eigenvalue weighted by molar-refractivity contribution is 5.97. The minimum absolute atomic E-state index is 0.216. The Hall–Kier alpha value is -1.51. The summed E-state index contributed by atoms with van der Waals surface area (Å²) in [5.74, 6) is 1.83. The lowest BCUT2D eigenvalue weighted by atomic mass is 9.78. The van der Waals surface area contributed by atoms with E-state index in [2.05, 4.69) is 0 Å². The molecule has 2 aliphatic rings. The summed E-state index contributed by atoms with van der Waals surface area (Å²) in [7, 11) is 1.63. The second-order valence-electron chi connectivity index (χ2n) is 4.70. The van der Waals surface area contributed by atoms with Crippen molar-refractivity contribution in [1.29, 1.82) is 0 Å². The van der Waals surface area contributed by atoms with Gasteiger partial charge in [-0.25, -0.2) is 0 Å². The summed E-state index contributed by atoms with van der Waals surface area (Å²) in [6.45, 7) is 2.01. The summed E-state index contributed by atoms with van der Waals surface area (Å²) in [5.41, 5.74) is 0.609. The van der Waals surface area contributed by atoms with Crippen LogP contribution in [0.1, 0.15) is 25.3 Å². The van der Waals surface area contributed by atoms with Crippen molar-refractivity contribution in [1.82, 2.24) is 0 Å². The van der Waals surface area contributed by atoms with E-state index in [4.69, 9.17) is 9.47 Å². The molecule has 1 aliphatic carbocycles. The van der Waals surface area contributed by atoms with Gasteiger partial charge in [0.1, 0.15) is 11.5 Å². The van der Waals surface area contributed by atoms with Gasteiger partial charge in [0.15, 0.2) is 11.9 Å². The highest BCUT2D eigenvalue weighted by Crippen LogP contribution is 2.48. The summed E-state index contributed by atoms with van der Waals surface area (Å²) in [6.07, 6.45) is 1.47. The first kappa shape index (κ1) is 9.70. The molecular formula is C13H14O3. The molecule has 84 valence electrons. The van der Waals surface area contributed by atoms with Gasteiger partial charge in [0.25, 0.3) is 0 Å². The molecule has 3 nitrogen and oxygen atoms in total. The first-order chi connectivity index (χ1) is 7.65. The number of ether oxygens (including phenoxy) is 2. The zero-order valence-electron chi connectivity index (χ0n) is 9.45. The van der Waals surface area contributed by atoms with Gasteiger partial charge in [-0.15, -0.1) is 0 Å². The molecule has 2 bridgehead atoms. The standard InChI is InChI=1S/C13H14O3/c1-13-6-5-11(12(13)14)16-10-4-3-8(15-2)7-9(10)13/h3-4,7,11H,5-6H2,1-2H3/t11-,13-/m1/s1. The highest BCUT2D eigenvalue weighted by atomic mass is 16.5. The molecule has 0 amide bonds. The maximum atomic E-state index is 12.1. The van der Waals surface area contributed by atoms with Gasteiger partial charge < -0.3 is 9.47 Å². The third-order valence-corrected chi connectivity index (χ3v) is 3.79. The largest absolute Gasteiger partial charge is 0.497 e. The van der Waals surface area contributed by atoms with Crippen molar-refractivity contribution in [2.45, 2.75) is 31.3 Å². The normalized spacial score (nSPS) is 30.9. The molecular weight excluding hydrogens is 204 g/mol. The third kappa shape index (κ3) is 1.06. The Kier molecular flexibility index (Phi) is 1.82. The van der Waals surface area contributed by atoms with Gasteiger partial charge >= 0.3 is 0 Å². The molecule has 1 fully saturated rings. The molecule has 0 N–H and O–H groups in total. The van der Waals surface area contributed by atoms with Gasteiger partial charge in [0.2, 0.25) is 0 Å². The van der Waals surface area contributed by atoms with Crippen LogP contribution in [-0.4, -0.2) is 19.0 Å². The number of carbonyl (C=O) groups excluding carboxylic acids is 1. The van der Waals surface area contributed by atoms with E-state index < -0.39 is 0 Å². The molecule has 0 unspecified atom stereocenters. The Labute approximate surface area is 94.4 Å². The SMILES string of the molecule is COc1ccc2c(c1)[C@@]1(C)CC[C@@H](O2)C1=O. The van der Waals surface area contributed by atoms with Crippen molar-refractivity contribution in [3.8, 4) is 11.5 Å². The molecule has 0 saturated heterocycles. The van der Waals surface area contributed by atoms with Gasteiger partial charge in [-0.3, -0.25) is 4.79 Å². The molecule has 1 saturated carbocycles. The Balaban J connectivity index is 2.19. The molecule has 0 spiro atoms. The van der Waals surface area contributed by atoms with E-state index in [1.807, 2.05) is 25.1 Å². The van der Waals surface area contributed by atoms with Crippen LogP contribution < -0.4 is 9.47 Å². The number of rotatable bonds is 1. The lowest BCUT2D eigenvalue weighted by Gasteiger charge is -2.30. The van der Waals surface area contributed by atoms with Crippen LogP contribution in [0.2, 0.25) is 0 Å². The van der Waals surface area contributed by atoms with Crippen molar-refractivity contribution in [2.75, 3.05) is 7.11 Å². The molecule has 3 rings (SSSR count). The van der Waals surface area contributed by atoms with E-state index in [9.17, 15) is 4.79 Å². The maximum Gasteiger partial charge on any atom is 0.183 e. The number of methoxy groups -OCH3 is 1. The Morgan fingerprint density at radius 2 is 2.31 bits per heavy atom. The molecule has 0 radical (unpaired) electrons. The van der Waals surface area contributed by atoms with Gasteiger partial charge in [0.05, 0.1) is 12.5 Å². The van der Waals surface area contributed by atoms with Crippen molar-refractivity contribution in [2.24, 2.45) is 0 Å². The van der Waals surface area contributed by atoms with Gasteiger partial charge in [0, 0.05) is 5.56 Å². The monoisotopic (exact) mass is 218 g/mol. The number of Topliss-reactive ketones (excluding diaryl/α,β-unsaturated/α-hetero) is 1. The lowest BCUT2D eigenvalue weighted by Crippen LogP contribution is -2.39. The fraction of sp³-hybridized carbons (Fsp3) is 0.462. The van der Waals surface area contributed by atoms with Crippen LogP contribution in [0.3, 0.4) is 0 Å². The Morgan fingerprint density at radius 1 is 1.50 bits per heavy atom. The first-order valence-corrected chi connectivity index (χ1v) is 5.54. The van der Waals surface area contributed by atoms with Gasteiger partial charge in [-0.05, 0) is 38.0 Å². The van der Waals surface area contributed by atoms with E-state index in [1.165, 1.54) is 0 Å². The molecule has 1 aromatic rings. The quantitative estimate of drug-likeness (QED) is 0.724. The van der Waals surface area contributed by atoms with E-state index in [1.54, 1.807) is 7.11 Å². The van der Waals surface area contributed by atoms with Gasteiger partial charge in [-0.2, -0.15) is 0 Å². The average molecular weight is 218 g/mol. The number of ketones is 1. The van der Waals surface area contributed by atoms with Crippen molar-refractivity contribution < 1.29 is 14.3 Å². The predicted molar refractivity (Wildman–Crippen MR) is 59.0 cm³/mol. The molecule has 1 heterocycles. The van der Waals surface area contributed by atoms with E-state index >= 15 is 0 Å². The lowest BCUT2D eigenvalue weighted by molar-refractivity contribution is -0.128. The first-order valence-electron chi connectivity index (χ1n) is 5.54. The van der Waals surface area contributed by atoms with Gasteiger partial charge in [-0.1, -0.05) is 0 Å². The van der Waals surface area contributed by atoms with Crippen molar-refractivity contribution >= 4 is 5.78 Å². The second kappa shape index (κ2) is 3.00. The summed E-state index contributed by atoms with van der Waals surface area (Å²) in [5, 5.41) is 0. The van der Waals surface area contributed by atoms with E-state index in [-0.39, 0.29) is 17.3 Å². The van der Waals surface area contributed by atoms with Crippen LogP contribution in [-0.2, 0) is 10.2 Å². The van der Waals surface area contributed by atoms with Crippen molar-refractivity contribution in [3.63, 3.8) is 0 Å². The number of benzene rings is 1. The summed E-state index contributed by atoms with van der Waals surface area (Å²) < 4.78 is 10.9. The molecule has 1 aromatic carbocycles. The van der Waals surface area contributed by atoms with E-state index in [0.29, 0.717) is 0 Å². The van der Waals surface area contributed by atoms with Crippen LogP contribution in [0.5, 0.6) is 11.5 Å². The molecule has 0 aromatic heterocycles. The number of carbonyl (C=O) groups is 1. The minimum atomic E-state index is -0.368. The number of hydrogen-bond donors (Lipinski definition) is 0. The predicted octanol–water partition coefficient (Wildman–Crippen LogP) is 2.08. The fourth-order valence-electron chi connectivity index (χ4n) is 2.73. The molecule has 1 aliphatic heterocycles. The van der Waals surface area contributed by atoms with Crippen LogP contribution in [0, 0.1) is 0 Å². The Bertz CT molecular complexity index is 466. The van der Waals surface area contributed by atoms with Crippen molar-refractivity contribution in [3.05, 3.63) is 23.8 Å². The van der Waals surface area contributed by atoms with Crippen LogP contribution in [0.15, 0.2) is 18.2 Å². The zero-order valence-corrected chi connectivity index (χ0v) is 9.45. The smallest absolute Gasteiger partial charge is 0.183 e. The van der Waals surface area contributed by atoms with E-state index in [0.717, 1.165) is 29.9 Å². The summed E-state index contributed by atoms with van der Waals surface area (Å²) in [6, 6.07) is 5.70. The van der Waals surface area contributed by atoms with Crippen LogP contribution >= 0.6 is 0 Å². The summed E-state index contributed by atoms with van der Waals surface area (Å²) >= 11 is 0. The molecule has 16 heavy (non-hydrogen) atoms. The zero-order chi connectivity index (χ0) is 11.3. The minimum Gasteiger partial charge on any atom is -0.497 e. The maximum absolute atomic E-state index is 12.1. The van der Waals surface area contributed by atoms with Crippen LogP contribution in [0.4, 0.5) is 0 Å². The average Bonchev–Trinajstić information content (AvgIpc) is 2.50. The molecule has 3 heteroatoms. The fourth-order valence-corrected chi connectivity index (χ4v) is 2.73.